The fourth-order valence-corrected chi connectivity index (χ4v) is 6.05. The van der Waals surface area contributed by atoms with E-state index in [0.29, 0.717) is 72.9 Å². The van der Waals surface area contributed by atoms with Gasteiger partial charge in [0.1, 0.15) is 44.6 Å². The molecule has 0 aliphatic carbocycles. The second-order valence-electron chi connectivity index (χ2n) is 11.0. The van der Waals surface area contributed by atoms with Crippen LogP contribution in [-0.2, 0) is 6.42 Å². The van der Waals surface area contributed by atoms with Crippen molar-refractivity contribution in [1.82, 2.24) is 19.6 Å². The standard InChI is InChI=1S/C35H22F2N4O4/c1-18-30-32(38-40(18)24-7-3-5-22(36)16-24)26-14-20(9-11-28(26)44-34(30)42)13-21-10-12-29-27(15-21)33-31(35(43)45-29)19(2)41(39-33)25-8-4-6-23(37)17-25/h3-12,14-17H,13H2,1-2H3. The van der Waals surface area contributed by atoms with Crippen molar-refractivity contribution < 1.29 is 17.6 Å². The molecule has 0 radical (unpaired) electrons. The predicted molar refractivity (Wildman–Crippen MR) is 166 cm³/mol. The van der Waals surface area contributed by atoms with E-state index in [1.165, 1.54) is 24.3 Å². The van der Waals surface area contributed by atoms with Crippen molar-refractivity contribution in [3.8, 4) is 11.4 Å². The van der Waals surface area contributed by atoms with Crippen molar-refractivity contribution in [2.24, 2.45) is 0 Å². The third-order valence-corrected chi connectivity index (χ3v) is 8.16. The molecule has 0 aliphatic rings. The van der Waals surface area contributed by atoms with E-state index in [0.717, 1.165) is 11.1 Å². The first-order valence-electron chi connectivity index (χ1n) is 14.2. The highest BCUT2D eigenvalue weighted by Gasteiger charge is 2.20. The van der Waals surface area contributed by atoms with Gasteiger partial charge in [-0.25, -0.2) is 27.7 Å². The van der Waals surface area contributed by atoms with Gasteiger partial charge >= 0.3 is 11.3 Å². The molecule has 4 heterocycles. The fourth-order valence-electron chi connectivity index (χ4n) is 6.05. The van der Waals surface area contributed by atoms with Gasteiger partial charge in [0.2, 0.25) is 0 Å². The second-order valence-corrected chi connectivity index (χ2v) is 11.0. The van der Waals surface area contributed by atoms with E-state index in [-0.39, 0.29) is 0 Å². The van der Waals surface area contributed by atoms with E-state index in [1.54, 1.807) is 59.6 Å². The fraction of sp³-hybridized carbons (Fsp3) is 0.0857. The molecular formula is C35H22F2N4O4. The smallest absolute Gasteiger partial charge is 0.347 e. The highest BCUT2D eigenvalue weighted by molar-refractivity contribution is 6.04. The first-order valence-corrected chi connectivity index (χ1v) is 14.2. The molecule has 220 valence electrons. The maximum Gasteiger partial charge on any atom is 0.347 e. The van der Waals surface area contributed by atoms with Crippen molar-refractivity contribution in [3.05, 3.63) is 140 Å². The summed E-state index contributed by atoms with van der Waals surface area (Å²) in [5.74, 6) is -0.818. The monoisotopic (exact) mass is 600 g/mol. The predicted octanol–water partition coefficient (Wildman–Crippen LogP) is 7.06. The second kappa shape index (κ2) is 9.81. The minimum atomic E-state index is -0.515. The number of hydrogen-bond donors (Lipinski definition) is 0. The number of fused-ring (bicyclic) bond motifs is 6. The molecule has 0 saturated carbocycles. The summed E-state index contributed by atoms with van der Waals surface area (Å²) in [5, 5.41) is 11.4. The van der Waals surface area contributed by atoms with Gasteiger partial charge < -0.3 is 8.83 Å². The maximum atomic E-state index is 14.0. The van der Waals surface area contributed by atoms with Gasteiger partial charge in [0.15, 0.2) is 0 Å². The van der Waals surface area contributed by atoms with Gasteiger partial charge in [0.25, 0.3) is 0 Å². The Balaban J connectivity index is 1.25. The summed E-state index contributed by atoms with van der Waals surface area (Å²) >= 11 is 0. The third-order valence-electron chi connectivity index (χ3n) is 8.16. The SMILES string of the molecule is Cc1c2c(=O)oc3ccc(Cc4ccc5oc(=O)c6c(C)n(-c7cccc(F)c7)nc6c5c4)cc3c2nn1-c1cccc(F)c1. The van der Waals surface area contributed by atoms with Crippen molar-refractivity contribution in [2.75, 3.05) is 0 Å². The van der Waals surface area contributed by atoms with Crippen LogP contribution in [0.25, 0.3) is 55.1 Å². The normalized spacial score (nSPS) is 11.8. The van der Waals surface area contributed by atoms with Crippen molar-refractivity contribution in [3.63, 3.8) is 0 Å². The van der Waals surface area contributed by atoms with Gasteiger partial charge in [0.05, 0.1) is 22.8 Å². The largest absolute Gasteiger partial charge is 0.422 e. The summed E-state index contributed by atoms with van der Waals surface area (Å²) in [7, 11) is 0. The van der Waals surface area contributed by atoms with E-state index in [1.807, 2.05) is 24.3 Å². The summed E-state index contributed by atoms with van der Waals surface area (Å²) < 4.78 is 42.4. The molecule has 45 heavy (non-hydrogen) atoms. The Kier molecular flexibility index (Phi) is 5.82. The van der Waals surface area contributed by atoms with E-state index < -0.39 is 22.9 Å². The van der Waals surface area contributed by atoms with E-state index in [4.69, 9.17) is 19.0 Å². The van der Waals surface area contributed by atoms with Gasteiger partial charge in [-0.2, -0.15) is 10.2 Å². The Hall–Kier alpha value is -5.90. The lowest BCUT2D eigenvalue weighted by Crippen LogP contribution is -2.02. The summed E-state index contributed by atoms with van der Waals surface area (Å²) in [6.45, 7) is 3.50. The zero-order chi connectivity index (χ0) is 31.0. The number of hydrogen-bond acceptors (Lipinski definition) is 6. The molecule has 4 aromatic carbocycles. The number of nitrogens with zero attached hydrogens (tertiary/aromatic N) is 4. The third kappa shape index (κ3) is 4.25. The molecule has 0 aliphatic heterocycles. The Morgan fingerprint density at radius 2 is 1.07 bits per heavy atom. The van der Waals surface area contributed by atoms with Crippen molar-refractivity contribution in [1.29, 1.82) is 0 Å². The van der Waals surface area contributed by atoms with Gasteiger partial charge in [-0.15, -0.1) is 0 Å². The molecule has 4 aromatic heterocycles. The Bertz CT molecular complexity index is 2450. The maximum absolute atomic E-state index is 14.0. The van der Waals surface area contributed by atoms with Crippen LogP contribution in [0.3, 0.4) is 0 Å². The minimum Gasteiger partial charge on any atom is -0.422 e. The van der Waals surface area contributed by atoms with E-state index in [2.05, 4.69) is 0 Å². The van der Waals surface area contributed by atoms with E-state index >= 15 is 0 Å². The van der Waals surface area contributed by atoms with Crippen LogP contribution < -0.4 is 11.3 Å². The zero-order valence-corrected chi connectivity index (χ0v) is 24.0. The van der Waals surface area contributed by atoms with Crippen LogP contribution in [-0.4, -0.2) is 19.6 Å². The number of rotatable bonds is 4. The molecule has 0 unspecified atom stereocenters. The van der Waals surface area contributed by atoms with Crippen LogP contribution in [0, 0.1) is 25.5 Å². The number of aromatic nitrogens is 4. The van der Waals surface area contributed by atoms with Gasteiger partial charge in [-0.3, -0.25) is 0 Å². The van der Waals surface area contributed by atoms with Gasteiger partial charge in [0, 0.05) is 10.8 Å². The molecule has 10 heteroatoms. The topological polar surface area (TPSA) is 96.1 Å². The van der Waals surface area contributed by atoms with Crippen LogP contribution in [0.1, 0.15) is 22.5 Å². The van der Waals surface area contributed by atoms with Crippen LogP contribution >= 0.6 is 0 Å². The van der Waals surface area contributed by atoms with Crippen LogP contribution in [0.5, 0.6) is 0 Å². The molecular weight excluding hydrogens is 578 g/mol. The van der Waals surface area contributed by atoms with E-state index in [9.17, 15) is 18.4 Å². The molecule has 0 saturated heterocycles. The summed E-state index contributed by atoms with van der Waals surface area (Å²) in [6, 6.07) is 23.1. The Labute approximate surface area is 252 Å². The number of halogens is 2. The van der Waals surface area contributed by atoms with Crippen LogP contribution in [0.15, 0.2) is 103 Å². The molecule has 0 bridgehead atoms. The molecule has 8 aromatic rings. The Morgan fingerprint density at radius 1 is 0.622 bits per heavy atom. The average Bonchev–Trinajstić information content (AvgIpc) is 3.56. The highest BCUT2D eigenvalue weighted by Crippen LogP contribution is 2.30. The molecule has 0 N–H and O–H groups in total. The number of benzene rings is 4. The highest BCUT2D eigenvalue weighted by atomic mass is 19.1. The molecule has 0 spiro atoms. The summed E-state index contributed by atoms with van der Waals surface area (Å²) in [4.78, 5) is 25.9. The lowest BCUT2D eigenvalue weighted by atomic mass is 10.0. The van der Waals surface area contributed by atoms with Gasteiger partial charge in [-0.05, 0) is 92.1 Å². The summed E-state index contributed by atoms with van der Waals surface area (Å²) in [5.41, 5.74) is 4.60. The quantitative estimate of drug-likeness (QED) is 0.201. The Morgan fingerprint density at radius 3 is 1.49 bits per heavy atom. The first kappa shape index (κ1) is 26.7. The molecule has 0 amide bonds. The average molecular weight is 601 g/mol. The first-order chi connectivity index (χ1) is 21.7. The minimum absolute atomic E-state index is 0.330. The molecule has 0 atom stereocenters. The lowest BCUT2D eigenvalue weighted by molar-refractivity contribution is 0.569. The molecule has 8 nitrogen and oxygen atoms in total. The van der Waals surface area contributed by atoms with Gasteiger partial charge in [-0.1, -0.05) is 24.3 Å². The van der Waals surface area contributed by atoms with Crippen LogP contribution in [0.4, 0.5) is 8.78 Å². The van der Waals surface area contributed by atoms with Crippen molar-refractivity contribution in [2.45, 2.75) is 20.3 Å². The molecule has 0 fully saturated rings. The van der Waals surface area contributed by atoms with Crippen LogP contribution in [0.2, 0.25) is 0 Å². The zero-order valence-electron chi connectivity index (χ0n) is 24.0. The lowest BCUT2D eigenvalue weighted by Gasteiger charge is -2.06. The number of aryl methyl sites for hydroxylation is 2. The summed E-state index contributed by atoms with van der Waals surface area (Å²) in [6.07, 6.45) is 0.500. The van der Waals surface area contributed by atoms with Crippen molar-refractivity contribution >= 4 is 43.7 Å². The molecule has 8 rings (SSSR count).